The second-order valence-corrected chi connectivity index (χ2v) is 9.41. The molecule has 6 nitrogen and oxygen atoms in total. The predicted molar refractivity (Wildman–Crippen MR) is 104 cm³/mol. The molecule has 0 spiro atoms. The molecule has 1 fully saturated rings. The zero-order chi connectivity index (χ0) is 18.6. The Balaban J connectivity index is 1.62. The van der Waals surface area contributed by atoms with Gasteiger partial charge < -0.3 is 5.32 Å². The minimum absolute atomic E-state index is 0.167. The van der Waals surface area contributed by atoms with Crippen LogP contribution in [0.15, 0.2) is 46.7 Å². The lowest BCUT2D eigenvalue weighted by Gasteiger charge is -2.17. The van der Waals surface area contributed by atoms with Gasteiger partial charge in [0.1, 0.15) is 0 Å². The lowest BCUT2D eigenvalue weighted by Crippen LogP contribution is -2.30. The molecule has 0 saturated carbocycles. The number of hydrogen-bond donors (Lipinski definition) is 1. The Morgan fingerprint density at radius 1 is 1.23 bits per heavy atom. The van der Waals surface area contributed by atoms with Gasteiger partial charge in [-0.2, -0.15) is 4.31 Å². The predicted octanol–water partition coefficient (Wildman–Crippen LogP) is 2.60. The molecule has 1 N–H and O–H groups in total. The third kappa shape index (κ3) is 4.70. The number of rotatable bonds is 7. The maximum atomic E-state index is 12.6. The Labute approximate surface area is 158 Å². The van der Waals surface area contributed by atoms with Crippen LogP contribution in [0.1, 0.15) is 17.7 Å². The number of thiophene rings is 1. The van der Waals surface area contributed by atoms with Crippen LogP contribution in [-0.4, -0.2) is 50.2 Å². The molecule has 8 heteroatoms. The first-order valence-corrected chi connectivity index (χ1v) is 10.9. The van der Waals surface area contributed by atoms with Crippen molar-refractivity contribution in [2.45, 2.75) is 24.3 Å². The molecule has 1 amide bonds. The van der Waals surface area contributed by atoms with Gasteiger partial charge in [0.2, 0.25) is 15.9 Å². The van der Waals surface area contributed by atoms with Gasteiger partial charge in [-0.25, -0.2) is 8.42 Å². The van der Waals surface area contributed by atoms with Gasteiger partial charge in [0.15, 0.2) is 0 Å². The minimum Gasteiger partial charge on any atom is -0.325 e. The molecular formula is C18H23N3O3S2. The molecule has 2 heterocycles. The molecule has 0 unspecified atom stereocenters. The van der Waals surface area contributed by atoms with E-state index in [1.165, 1.54) is 15.2 Å². The van der Waals surface area contributed by atoms with E-state index < -0.39 is 10.0 Å². The summed E-state index contributed by atoms with van der Waals surface area (Å²) in [6.45, 7) is 2.06. The zero-order valence-electron chi connectivity index (χ0n) is 14.7. The van der Waals surface area contributed by atoms with Gasteiger partial charge in [-0.3, -0.25) is 9.69 Å². The Kier molecular flexibility index (Phi) is 6.08. The number of nitrogens with zero attached hydrogens (tertiary/aromatic N) is 2. The Morgan fingerprint density at radius 2 is 2.00 bits per heavy atom. The molecule has 1 saturated heterocycles. The van der Waals surface area contributed by atoms with Crippen molar-refractivity contribution in [1.29, 1.82) is 0 Å². The number of carbonyl (C=O) groups is 1. The van der Waals surface area contributed by atoms with E-state index in [1.54, 1.807) is 29.5 Å². The summed E-state index contributed by atoms with van der Waals surface area (Å²) >= 11 is 1.65. The van der Waals surface area contributed by atoms with E-state index >= 15 is 0 Å². The molecule has 26 heavy (non-hydrogen) atoms. The van der Waals surface area contributed by atoms with Crippen LogP contribution in [0.25, 0.3) is 0 Å². The van der Waals surface area contributed by atoms with Crippen molar-refractivity contribution < 1.29 is 13.2 Å². The fourth-order valence-corrected chi connectivity index (χ4v) is 5.33. The number of amides is 1. The van der Waals surface area contributed by atoms with E-state index in [9.17, 15) is 13.2 Å². The first-order valence-electron chi connectivity index (χ1n) is 8.56. The van der Waals surface area contributed by atoms with E-state index in [2.05, 4.69) is 5.32 Å². The minimum atomic E-state index is -3.48. The lowest BCUT2D eigenvalue weighted by molar-refractivity contribution is -0.117. The van der Waals surface area contributed by atoms with Crippen molar-refractivity contribution in [3.8, 4) is 0 Å². The van der Waals surface area contributed by atoms with Gasteiger partial charge in [-0.05, 0) is 49.5 Å². The number of sulfonamides is 1. The first kappa shape index (κ1) is 19.0. The van der Waals surface area contributed by atoms with E-state index in [0.717, 1.165) is 12.8 Å². The summed E-state index contributed by atoms with van der Waals surface area (Å²) in [6.07, 6.45) is 1.79. The van der Waals surface area contributed by atoms with Crippen molar-refractivity contribution in [1.82, 2.24) is 9.21 Å². The van der Waals surface area contributed by atoms with Crippen LogP contribution in [0.4, 0.5) is 5.69 Å². The zero-order valence-corrected chi connectivity index (χ0v) is 16.4. The standard InChI is InChI=1S/C18H23N3O3S2/c1-20(13-16-7-5-11-25-16)14-18(22)19-15-6-4-8-17(12-15)26(23,24)21-9-2-3-10-21/h4-8,11-12H,2-3,9-10,13-14H2,1H3,(H,19,22). The van der Waals surface area contributed by atoms with Crippen molar-refractivity contribution in [2.24, 2.45) is 0 Å². The molecule has 0 radical (unpaired) electrons. The van der Waals surface area contributed by atoms with Crippen molar-refractivity contribution in [3.05, 3.63) is 46.7 Å². The van der Waals surface area contributed by atoms with Crippen LogP contribution in [0, 0.1) is 0 Å². The Bertz CT molecular complexity index is 844. The fourth-order valence-electron chi connectivity index (χ4n) is 2.98. The van der Waals surface area contributed by atoms with Crippen LogP contribution in [0.3, 0.4) is 0 Å². The third-order valence-electron chi connectivity index (χ3n) is 4.24. The van der Waals surface area contributed by atoms with Gasteiger partial charge in [0.25, 0.3) is 0 Å². The molecule has 1 aromatic carbocycles. The summed E-state index contributed by atoms with van der Waals surface area (Å²) in [7, 11) is -1.60. The second-order valence-electron chi connectivity index (χ2n) is 6.44. The van der Waals surface area contributed by atoms with Crippen LogP contribution >= 0.6 is 11.3 Å². The van der Waals surface area contributed by atoms with E-state index in [0.29, 0.717) is 25.3 Å². The number of benzene rings is 1. The highest BCUT2D eigenvalue weighted by molar-refractivity contribution is 7.89. The highest BCUT2D eigenvalue weighted by Gasteiger charge is 2.27. The van der Waals surface area contributed by atoms with Crippen LogP contribution in [-0.2, 0) is 21.4 Å². The average Bonchev–Trinajstić information content (AvgIpc) is 3.28. The van der Waals surface area contributed by atoms with E-state index in [1.807, 2.05) is 29.5 Å². The van der Waals surface area contributed by atoms with Gasteiger partial charge in [0.05, 0.1) is 11.4 Å². The monoisotopic (exact) mass is 393 g/mol. The molecular weight excluding hydrogens is 370 g/mol. The number of nitrogens with one attached hydrogen (secondary N) is 1. The van der Waals surface area contributed by atoms with Crippen molar-refractivity contribution in [3.63, 3.8) is 0 Å². The molecule has 140 valence electrons. The maximum Gasteiger partial charge on any atom is 0.243 e. The SMILES string of the molecule is CN(CC(=O)Nc1cccc(S(=O)(=O)N2CCCC2)c1)Cc1cccs1. The average molecular weight is 394 g/mol. The van der Waals surface area contributed by atoms with Gasteiger partial charge >= 0.3 is 0 Å². The number of hydrogen-bond acceptors (Lipinski definition) is 5. The van der Waals surface area contributed by atoms with Crippen LogP contribution in [0.5, 0.6) is 0 Å². The first-order chi connectivity index (χ1) is 12.4. The summed E-state index contributed by atoms with van der Waals surface area (Å²) in [5.74, 6) is -0.167. The van der Waals surface area contributed by atoms with Gasteiger partial charge in [0, 0.05) is 30.2 Å². The molecule has 1 aliphatic rings. The largest absolute Gasteiger partial charge is 0.325 e. The van der Waals surface area contributed by atoms with Gasteiger partial charge in [-0.1, -0.05) is 12.1 Å². The molecule has 1 aliphatic heterocycles. The quantitative estimate of drug-likeness (QED) is 0.785. The summed E-state index contributed by atoms with van der Waals surface area (Å²) < 4.78 is 26.8. The van der Waals surface area contributed by atoms with Crippen LogP contribution < -0.4 is 5.32 Å². The van der Waals surface area contributed by atoms with Crippen molar-refractivity contribution >= 4 is 33.0 Å². The molecule has 2 aromatic rings. The van der Waals surface area contributed by atoms with E-state index in [-0.39, 0.29) is 17.3 Å². The molecule has 0 bridgehead atoms. The fraction of sp³-hybridized carbons (Fsp3) is 0.389. The third-order valence-corrected chi connectivity index (χ3v) is 7.00. The van der Waals surface area contributed by atoms with Crippen molar-refractivity contribution in [2.75, 3.05) is 32.0 Å². The lowest BCUT2D eigenvalue weighted by atomic mass is 10.3. The van der Waals surface area contributed by atoms with Crippen LogP contribution in [0.2, 0.25) is 0 Å². The summed E-state index contributed by atoms with van der Waals surface area (Å²) in [4.78, 5) is 15.6. The normalized spacial score (nSPS) is 15.5. The highest BCUT2D eigenvalue weighted by atomic mass is 32.2. The molecule has 0 aliphatic carbocycles. The molecule has 1 aromatic heterocycles. The Hall–Kier alpha value is -1.74. The Morgan fingerprint density at radius 3 is 2.69 bits per heavy atom. The topological polar surface area (TPSA) is 69.7 Å². The summed E-state index contributed by atoms with van der Waals surface area (Å²) in [5, 5.41) is 4.80. The molecule has 3 rings (SSSR count). The van der Waals surface area contributed by atoms with E-state index in [4.69, 9.17) is 0 Å². The van der Waals surface area contributed by atoms with Gasteiger partial charge in [-0.15, -0.1) is 11.3 Å². The number of likely N-dealkylation sites (N-methyl/N-ethyl adjacent to an activating group) is 1. The summed E-state index contributed by atoms with van der Waals surface area (Å²) in [5.41, 5.74) is 0.500. The second kappa shape index (κ2) is 8.30. The smallest absolute Gasteiger partial charge is 0.243 e. The number of carbonyl (C=O) groups excluding carboxylic acids is 1. The maximum absolute atomic E-state index is 12.6. The number of anilines is 1. The summed E-state index contributed by atoms with van der Waals surface area (Å²) in [6, 6.07) is 10.5. The highest BCUT2D eigenvalue weighted by Crippen LogP contribution is 2.23. The molecule has 0 atom stereocenters.